The minimum Gasteiger partial charge on any atom is -0.481 e. The van der Waals surface area contributed by atoms with Crippen LogP contribution in [0.15, 0.2) is 0 Å². The van der Waals surface area contributed by atoms with E-state index in [-0.39, 0.29) is 0 Å². The Morgan fingerprint density at radius 1 is 1.33 bits per heavy atom. The Morgan fingerprint density at radius 3 is 1.67 bits per heavy atom. The summed E-state index contributed by atoms with van der Waals surface area (Å²) < 4.78 is 14.9. The maximum atomic E-state index is 10.6. The van der Waals surface area contributed by atoms with Crippen molar-refractivity contribution in [2.45, 2.75) is 12.5 Å². The molecule has 0 bridgehead atoms. The second-order valence-corrected chi connectivity index (χ2v) is 5.68. The molecule has 7 nitrogen and oxygen atoms in total. The third kappa shape index (κ3) is 4.82. The summed E-state index contributed by atoms with van der Waals surface area (Å²) in [6.07, 6.45) is 0.750. The Hall–Kier alpha value is -1.05. The van der Waals surface area contributed by atoms with Gasteiger partial charge < -0.3 is 18.4 Å². The molecule has 0 aliphatic heterocycles. The summed E-state index contributed by atoms with van der Waals surface area (Å²) in [7, 11) is 1.18. The number of nitrogens with one attached hydrogen (secondary N) is 1. The molecule has 0 saturated carbocycles. The predicted octanol–water partition coefficient (Wildman–Crippen LogP) is 0.240. The van der Waals surface area contributed by atoms with Gasteiger partial charge in [-0.2, -0.15) is 0 Å². The molecule has 0 amide bonds. The van der Waals surface area contributed by atoms with Gasteiger partial charge in [0.25, 0.3) is 0 Å². The summed E-state index contributed by atoms with van der Waals surface area (Å²) in [4.78, 5) is 19.0. The maximum absolute atomic E-state index is 10.6. The molecular formula is C7H15NO6Si. The molecule has 0 spiro atoms. The molecule has 1 unspecified atom stereocenters. The van der Waals surface area contributed by atoms with Gasteiger partial charge in [0.1, 0.15) is 5.54 Å². The smallest absolute Gasteiger partial charge is 0.481 e. The van der Waals surface area contributed by atoms with Gasteiger partial charge in [-0.1, -0.05) is 0 Å². The Balaban J connectivity index is 0. The van der Waals surface area contributed by atoms with E-state index in [9.17, 15) is 4.79 Å². The van der Waals surface area contributed by atoms with Gasteiger partial charge >= 0.3 is 14.8 Å². The first kappa shape index (κ1) is 16.4. The average Bonchev–Trinajstić information content (AvgIpc) is 2.22. The fraction of sp³-hybridized carbons (Fsp3) is 0.714. The van der Waals surface area contributed by atoms with Crippen molar-refractivity contribution >= 4 is 20.9 Å². The number of carboxylic acid groups (broad SMARTS) is 1. The lowest BCUT2D eigenvalue weighted by molar-refractivity contribution is -0.138. The van der Waals surface area contributed by atoms with Gasteiger partial charge in [0, 0.05) is 21.3 Å². The van der Waals surface area contributed by atoms with E-state index < -0.39 is 20.3 Å². The molecule has 0 saturated heterocycles. The van der Waals surface area contributed by atoms with Crippen molar-refractivity contribution in [2.75, 3.05) is 21.3 Å². The van der Waals surface area contributed by atoms with Gasteiger partial charge in [0.15, 0.2) is 0 Å². The summed E-state index contributed by atoms with van der Waals surface area (Å²) in [6, 6.07) is 0. The second-order valence-electron chi connectivity index (χ2n) is 2.38. The van der Waals surface area contributed by atoms with Gasteiger partial charge in [0.2, 0.25) is 6.08 Å². The molecule has 0 rings (SSSR count). The van der Waals surface area contributed by atoms with Crippen LogP contribution in [-0.2, 0) is 22.9 Å². The predicted molar refractivity (Wildman–Crippen MR) is 52.3 cm³/mol. The number of isocyanates is 1. The number of carboxylic acids is 1. The molecular weight excluding hydrogens is 222 g/mol. The van der Waals surface area contributed by atoms with Crippen LogP contribution in [0.1, 0.15) is 6.92 Å². The number of hydrogen-bond donors (Lipinski definition) is 2. The van der Waals surface area contributed by atoms with Crippen LogP contribution < -0.4 is 0 Å². The largest absolute Gasteiger partial charge is 0.514 e. The van der Waals surface area contributed by atoms with E-state index in [1.807, 2.05) is 0 Å². The number of hydrogen-bond acceptors (Lipinski definition) is 6. The second kappa shape index (κ2) is 8.27. The lowest BCUT2D eigenvalue weighted by Gasteiger charge is -2.27. The van der Waals surface area contributed by atoms with Crippen LogP contribution >= 0.6 is 0 Å². The van der Waals surface area contributed by atoms with Crippen molar-refractivity contribution in [3.63, 3.8) is 0 Å². The molecule has 0 radical (unpaired) electrons. The van der Waals surface area contributed by atoms with Gasteiger partial charge in [-0.3, -0.25) is 4.79 Å². The minimum absolute atomic E-state index is 0.750. The van der Waals surface area contributed by atoms with E-state index in [1.54, 1.807) is 0 Å². The molecule has 0 aromatic heterocycles. The van der Waals surface area contributed by atoms with Crippen molar-refractivity contribution in [3.05, 3.63) is 0 Å². The molecule has 0 aliphatic carbocycles. The highest BCUT2D eigenvalue weighted by Crippen LogP contribution is 2.23. The van der Waals surface area contributed by atoms with Crippen LogP contribution in [0, 0.1) is 5.41 Å². The van der Waals surface area contributed by atoms with Gasteiger partial charge in [-0.25, -0.2) is 10.2 Å². The molecule has 0 aromatic rings. The maximum Gasteiger partial charge on any atom is 0.514 e. The van der Waals surface area contributed by atoms with E-state index in [0.717, 1.165) is 6.08 Å². The topological polar surface area (TPSA) is 106 Å². The van der Waals surface area contributed by atoms with Crippen molar-refractivity contribution < 1.29 is 28.0 Å². The number of rotatable bonds is 5. The molecule has 8 heteroatoms. The SMILES string of the molecule is CO[Si](OC)(OC)C(C)C(=O)O.N=C=O. The lowest BCUT2D eigenvalue weighted by atomic mass is 10.5. The Morgan fingerprint density at radius 2 is 1.60 bits per heavy atom. The van der Waals surface area contributed by atoms with E-state index in [2.05, 4.69) is 0 Å². The van der Waals surface area contributed by atoms with Gasteiger partial charge in [0.05, 0.1) is 0 Å². The fourth-order valence-electron chi connectivity index (χ4n) is 0.932. The van der Waals surface area contributed by atoms with Crippen molar-refractivity contribution in [1.29, 1.82) is 5.41 Å². The lowest BCUT2D eigenvalue weighted by Crippen LogP contribution is -2.49. The third-order valence-electron chi connectivity index (χ3n) is 1.75. The zero-order valence-corrected chi connectivity index (χ0v) is 10.1. The van der Waals surface area contributed by atoms with Crippen molar-refractivity contribution in [1.82, 2.24) is 0 Å². The van der Waals surface area contributed by atoms with Gasteiger partial charge in [-0.05, 0) is 6.92 Å². The molecule has 0 aromatic carbocycles. The molecule has 0 aliphatic rings. The van der Waals surface area contributed by atoms with E-state index in [1.165, 1.54) is 28.3 Å². The van der Waals surface area contributed by atoms with Crippen LogP contribution in [0.2, 0.25) is 5.54 Å². The first-order chi connectivity index (χ1) is 6.95. The molecule has 0 heterocycles. The quantitative estimate of drug-likeness (QED) is 0.403. The van der Waals surface area contributed by atoms with Gasteiger partial charge in [-0.15, -0.1) is 0 Å². The monoisotopic (exact) mass is 237 g/mol. The zero-order valence-electron chi connectivity index (χ0n) is 9.07. The number of carbonyl (C=O) groups is 1. The zero-order chi connectivity index (χ0) is 12.5. The van der Waals surface area contributed by atoms with E-state index >= 15 is 0 Å². The summed E-state index contributed by atoms with van der Waals surface area (Å²) in [5, 5.41) is 14.1. The first-order valence-corrected chi connectivity index (χ1v) is 5.68. The Kier molecular flexibility index (Phi) is 9.03. The average molecular weight is 237 g/mol. The molecule has 15 heavy (non-hydrogen) atoms. The first-order valence-electron chi connectivity index (χ1n) is 3.87. The number of carbonyl (C=O) groups excluding carboxylic acids is 1. The minimum atomic E-state index is -2.98. The normalized spacial score (nSPS) is 12.0. The van der Waals surface area contributed by atoms with Crippen molar-refractivity contribution in [2.24, 2.45) is 0 Å². The molecule has 2 N–H and O–H groups in total. The standard InChI is InChI=1S/C6H14O5Si.CHNO/c1-5(6(7)8)12(9-2,10-3)11-4;2-1-3/h5H,1-4H3,(H,7,8);2H. The summed E-state index contributed by atoms with van der Waals surface area (Å²) in [5.74, 6) is -0.979. The summed E-state index contributed by atoms with van der Waals surface area (Å²) in [5.41, 5.74) is -0.752. The Bertz CT molecular complexity index is 215. The highest BCUT2D eigenvalue weighted by molar-refractivity contribution is 6.65. The van der Waals surface area contributed by atoms with Crippen LogP contribution in [0.4, 0.5) is 0 Å². The van der Waals surface area contributed by atoms with Crippen LogP contribution in [0.3, 0.4) is 0 Å². The molecule has 88 valence electrons. The molecule has 1 atom stereocenters. The highest BCUT2D eigenvalue weighted by Gasteiger charge is 2.48. The van der Waals surface area contributed by atoms with Crippen LogP contribution in [0.5, 0.6) is 0 Å². The van der Waals surface area contributed by atoms with E-state index in [4.69, 9.17) is 28.6 Å². The summed E-state index contributed by atoms with van der Waals surface area (Å²) >= 11 is 0. The Labute approximate surface area is 88.8 Å². The van der Waals surface area contributed by atoms with Crippen LogP contribution in [-0.4, -0.2) is 47.3 Å². The van der Waals surface area contributed by atoms with Crippen LogP contribution in [0.25, 0.3) is 0 Å². The highest BCUT2D eigenvalue weighted by atomic mass is 28.4. The molecule has 0 fully saturated rings. The van der Waals surface area contributed by atoms with Crippen molar-refractivity contribution in [3.8, 4) is 0 Å². The fourth-order valence-corrected chi connectivity index (χ4v) is 2.79. The van der Waals surface area contributed by atoms with E-state index in [0.29, 0.717) is 0 Å². The third-order valence-corrected chi connectivity index (χ3v) is 4.77. The summed E-state index contributed by atoms with van der Waals surface area (Å²) in [6.45, 7) is 1.51. The number of aliphatic carboxylic acids is 1.